The van der Waals surface area contributed by atoms with Crippen molar-refractivity contribution in [2.75, 3.05) is 23.7 Å². The first-order valence-corrected chi connectivity index (χ1v) is 11.4. The molecule has 0 bridgehead atoms. The molecule has 1 saturated heterocycles. The highest BCUT2D eigenvalue weighted by Gasteiger charge is 2.32. The van der Waals surface area contributed by atoms with Crippen molar-refractivity contribution >= 4 is 29.1 Å². The lowest BCUT2D eigenvalue weighted by atomic mass is 10.1. The summed E-state index contributed by atoms with van der Waals surface area (Å²) < 4.78 is 7.64. The SMILES string of the molecule is C=CC(=O)Nc1ccc(C(=O)N2CC(Nc3nc4cnc(-c5cn[nH]c5)c(OC(C)C)n4n3)C2)cc1. The maximum Gasteiger partial charge on any atom is 0.253 e. The minimum atomic E-state index is -0.303. The van der Waals surface area contributed by atoms with E-state index < -0.39 is 0 Å². The van der Waals surface area contributed by atoms with E-state index in [1.54, 1.807) is 52.3 Å². The van der Waals surface area contributed by atoms with Crippen molar-refractivity contribution in [1.29, 1.82) is 0 Å². The molecule has 0 atom stereocenters. The lowest BCUT2D eigenvalue weighted by Gasteiger charge is -2.39. The maximum absolute atomic E-state index is 12.8. The second kappa shape index (κ2) is 9.49. The Labute approximate surface area is 206 Å². The number of nitrogens with one attached hydrogen (secondary N) is 3. The van der Waals surface area contributed by atoms with Crippen molar-refractivity contribution in [2.24, 2.45) is 0 Å². The molecule has 1 aromatic carbocycles. The number of benzene rings is 1. The Balaban J connectivity index is 1.25. The highest BCUT2D eigenvalue weighted by Crippen LogP contribution is 2.29. The van der Waals surface area contributed by atoms with Gasteiger partial charge in [0.2, 0.25) is 17.7 Å². The summed E-state index contributed by atoms with van der Waals surface area (Å²) in [4.78, 5) is 34.9. The number of amides is 2. The van der Waals surface area contributed by atoms with Crippen molar-refractivity contribution < 1.29 is 14.3 Å². The molecule has 12 nitrogen and oxygen atoms in total. The van der Waals surface area contributed by atoms with E-state index in [4.69, 9.17) is 4.74 Å². The van der Waals surface area contributed by atoms with E-state index in [-0.39, 0.29) is 24.0 Å². The Kier molecular flexibility index (Phi) is 6.07. The third kappa shape index (κ3) is 4.60. The number of carbonyl (C=O) groups excluding carboxylic acids is 2. The van der Waals surface area contributed by atoms with Gasteiger partial charge < -0.3 is 20.3 Å². The Morgan fingerprint density at radius 2 is 2.00 bits per heavy atom. The molecule has 1 aliphatic rings. The van der Waals surface area contributed by atoms with Crippen LogP contribution in [0.2, 0.25) is 0 Å². The third-order valence-corrected chi connectivity index (χ3v) is 5.54. The molecule has 36 heavy (non-hydrogen) atoms. The van der Waals surface area contributed by atoms with Gasteiger partial charge in [-0.1, -0.05) is 6.58 Å². The van der Waals surface area contributed by atoms with Gasteiger partial charge in [-0.2, -0.15) is 14.6 Å². The summed E-state index contributed by atoms with van der Waals surface area (Å²) in [5.74, 6) is 0.513. The van der Waals surface area contributed by atoms with Crippen LogP contribution in [0.25, 0.3) is 16.9 Å². The Morgan fingerprint density at radius 3 is 2.67 bits per heavy atom. The van der Waals surface area contributed by atoms with Gasteiger partial charge in [0.1, 0.15) is 5.69 Å². The predicted octanol–water partition coefficient (Wildman–Crippen LogP) is 2.36. The average molecular weight is 488 g/mol. The number of aromatic nitrogens is 6. The number of rotatable bonds is 8. The van der Waals surface area contributed by atoms with Gasteiger partial charge >= 0.3 is 0 Å². The molecule has 0 saturated carbocycles. The minimum absolute atomic E-state index is 0.00767. The summed E-state index contributed by atoms with van der Waals surface area (Å²) >= 11 is 0. The summed E-state index contributed by atoms with van der Waals surface area (Å²) in [5.41, 5.74) is 3.07. The number of nitrogens with zero attached hydrogens (tertiary/aromatic N) is 6. The highest BCUT2D eigenvalue weighted by atomic mass is 16.5. The van der Waals surface area contributed by atoms with E-state index in [9.17, 15) is 9.59 Å². The van der Waals surface area contributed by atoms with Gasteiger partial charge in [-0.3, -0.25) is 14.7 Å². The molecular weight excluding hydrogens is 462 g/mol. The number of carbonyl (C=O) groups is 2. The molecule has 2 amide bonds. The van der Waals surface area contributed by atoms with Gasteiger partial charge in [-0.25, -0.2) is 4.98 Å². The molecule has 3 N–H and O–H groups in total. The Morgan fingerprint density at radius 1 is 1.22 bits per heavy atom. The average Bonchev–Trinajstić information content (AvgIpc) is 3.51. The van der Waals surface area contributed by atoms with Crippen molar-refractivity contribution in [2.45, 2.75) is 26.0 Å². The molecule has 12 heteroatoms. The topological polar surface area (TPSA) is 142 Å². The molecule has 4 heterocycles. The number of H-pyrrole nitrogens is 1. The largest absolute Gasteiger partial charge is 0.473 e. The van der Waals surface area contributed by atoms with Gasteiger partial charge in [0.25, 0.3) is 5.91 Å². The van der Waals surface area contributed by atoms with Gasteiger partial charge in [-0.15, -0.1) is 5.10 Å². The van der Waals surface area contributed by atoms with E-state index >= 15 is 0 Å². The summed E-state index contributed by atoms with van der Waals surface area (Å²) in [7, 11) is 0. The van der Waals surface area contributed by atoms with Crippen LogP contribution in [-0.4, -0.2) is 71.7 Å². The molecule has 4 aromatic rings. The van der Waals surface area contributed by atoms with Crippen molar-refractivity contribution in [3.05, 3.63) is 61.1 Å². The first-order chi connectivity index (χ1) is 17.4. The number of anilines is 2. The van der Waals surface area contributed by atoms with E-state index in [1.165, 1.54) is 6.08 Å². The van der Waals surface area contributed by atoms with Crippen molar-refractivity contribution in [3.8, 4) is 17.1 Å². The van der Waals surface area contributed by atoms with Gasteiger partial charge in [0.15, 0.2) is 5.65 Å². The molecule has 0 spiro atoms. The Bertz CT molecular complexity index is 1400. The summed E-state index contributed by atoms with van der Waals surface area (Å²) in [5, 5.41) is 17.3. The fourth-order valence-electron chi connectivity index (χ4n) is 3.79. The first-order valence-electron chi connectivity index (χ1n) is 11.4. The molecule has 0 unspecified atom stereocenters. The zero-order valence-corrected chi connectivity index (χ0v) is 19.8. The van der Waals surface area contributed by atoms with Crippen LogP contribution in [0, 0.1) is 0 Å². The van der Waals surface area contributed by atoms with Crippen LogP contribution in [0.3, 0.4) is 0 Å². The van der Waals surface area contributed by atoms with Crippen LogP contribution >= 0.6 is 0 Å². The third-order valence-electron chi connectivity index (χ3n) is 5.54. The highest BCUT2D eigenvalue weighted by molar-refractivity contribution is 6.00. The quantitative estimate of drug-likeness (QED) is 0.322. The first kappa shape index (κ1) is 23.0. The van der Waals surface area contributed by atoms with Crippen molar-refractivity contribution in [1.82, 2.24) is 34.7 Å². The standard InChI is InChI=1S/C24H25N9O3/c1-4-20(34)28-17-7-5-15(6-8-17)22(35)32-12-18(13-32)29-24-30-19-11-25-21(16-9-26-27-10-16)23(33(19)31-24)36-14(2)3/h4-11,14,18H,1,12-13H2,2-3H3,(H,26,27)(H,28,34)(H,29,31). The number of hydrogen-bond donors (Lipinski definition) is 3. The van der Waals surface area contributed by atoms with Crippen LogP contribution in [0.1, 0.15) is 24.2 Å². The predicted molar refractivity (Wildman–Crippen MR) is 133 cm³/mol. The lowest BCUT2D eigenvalue weighted by molar-refractivity contribution is -0.111. The zero-order valence-electron chi connectivity index (χ0n) is 19.8. The fourth-order valence-corrected chi connectivity index (χ4v) is 3.79. The molecule has 0 radical (unpaired) electrons. The van der Waals surface area contributed by atoms with E-state index in [0.717, 1.165) is 5.56 Å². The summed E-state index contributed by atoms with van der Waals surface area (Å²) in [6, 6.07) is 6.76. The number of fused-ring (bicyclic) bond motifs is 1. The normalized spacial score (nSPS) is 13.5. The smallest absolute Gasteiger partial charge is 0.253 e. The maximum atomic E-state index is 12.8. The van der Waals surface area contributed by atoms with Gasteiger partial charge in [0.05, 0.1) is 24.5 Å². The Hall–Kier alpha value is -4.74. The summed E-state index contributed by atoms with van der Waals surface area (Å²) in [6.45, 7) is 8.30. The monoisotopic (exact) mass is 487 g/mol. The number of ether oxygens (including phenoxy) is 1. The van der Waals surface area contributed by atoms with Crippen LogP contribution in [0.15, 0.2) is 55.5 Å². The molecule has 1 aliphatic heterocycles. The van der Waals surface area contributed by atoms with E-state index in [1.807, 2.05) is 13.8 Å². The molecule has 0 aliphatic carbocycles. The lowest BCUT2D eigenvalue weighted by Crippen LogP contribution is -2.57. The van der Waals surface area contributed by atoms with Crippen LogP contribution in [0.5, 0.6) is 5.88 Å². The molecule has 5 rings (SSSR count). The van der Waals surface area contributed by atoms with Crippen LogP contribution < -0.4 is 15.4 Å². The van der Waals surface area contributed by atoms with Crippen LogP contribution in [0.4, 0.5) is 11.6 Å². The fraction of sp³-hybridized carbons (Fsp3) is 0.250. The number of aromatic amines is 1. The number of hydrogen-bond acceptors (Lipinski definition) is 8. The van der Waals surface area contributed by atoms with E-state index in [0.29, 0.717) is 47.5 Å². The second-order valence-electron chi connectivity index (χ2n) is 8.59. The van der Waals surface area contributed by atoms with Crippen LogP contribution in [-0.2, 0) is 4.79 Å². The minimum Gasteiger partial charge on any atom is -0.473 e. The molecular formula is C24H25N9O3. The van der Waals surface area contributed by atoms with E-state index in [2.05, 4.69) is 42.5 Å². The number of likely N-dealkylation sites (tertiary alicyclic amines) is 1. The zero-order chi connectivity index (χ0) is 25.2. The summed E-state index contributed by atoms with van der Waals surface area (Å²) in [6.07, 6.45) is 6.13. The van der Waals surface area contributed by atoms with Gasteiger partial charge in [0, 0.05) is 36.1 Å². The van der Waals surface area contributed by atoms with Gasteiger partial charge in [-0.05, 0) is 44.2 Å². The molecule has 184 valence electrons. The molecule has 3 aromatic heterocycles. The molecule has 1 fully saturated rings. The second-order valence-corrected chi connectivity index (χ2v) is 8.59. The van der Waals surface area contributed by atoms with Crippen molar-refractivity contribution in [3.63, 3.8) is 0 Å².